The lowest BCUT2D eigenvalue weighted by atomic mass is 9.97. The van der Waals surface area contributed by atoms with Crippen molar-refractivity contribution in [3.8, 4) is 11.8 Å². The third-order valence-electron chi connectivity index (χ3n) is 5.17. The van der Waals surface area contributed by atoms with Crippen LogP contribution in [-0.2, 0) is 14.8 Å². The lowest BCUT2D eigenvalue weighted by Crippen LogP contribution is -2.41. The Morgan fingerprint density at radius 1 is 1.23 bits per heavy atom. The van der Waals surface area contributed by atoms with Crippen LogP contribution >= 0.6 is 0 Å². The first kappa shape index (κ1) is 21.8. The predicted molar refractivity (Wildman–Crippen MR) is 114 cm³/mol. The number of hydrogen-bond donors (Lipinski definition) is 1. The summed E-state index contributed by atoms with van der Waals surface area (Å²) in [7, 11) is -3.62. The maximum Gasteiger partial charge on any atom is 0.243 e. The number of hydrogen-bond acceptors (Lipinski definition) is 5. The van der Waals surface area contributed by atoms with Crippen LogP contribution in [0.2, 0.25) is 0 Å². The second kappa shape index (κ2) is 9.28. The molecular weight excluding hydrogens is 402 g/mol. The van der Waals surface area contributed by atoms with Crippen LogP contribution in [0.15, 0.2) is 47.4 Å². The SMILES string of the molecule is CCOc1ccc(S(=O)(=O)N2CCC(C(=O)Nc3cccc(C#N)c3)CC2)cc1C. The van der Waals surface area contributed by atoms with Gasteiger partial charge in [0.15, 0.2) is 0 Å². The normalized spacial score (nSPS) is 15.4. The molecule has 0 spiro atoms. The van der Waals surface area contributed by atoms with Crippen molar-refractivity contribution in [3.05, 3.63) is 53.6 Å². The second-order valence-corrected chi connectivity index (χ2v) is 9.16. The molecule has 1 amide bonds. The van der Waals surface area contributed by atoms with E-state index in [-0.39, 0.29) is 29.8 Å². The molecule has 0 radical (unpaired) electrons. The van der Waals surface area contributed by atoms with Gasteiger partial charge in [-0.25, -0.2) is 8.42 Å². The minimum absolute atomic E-state index is 0.154. The molecule has 8 heteroatoms. The molecule has 1 fully saturated rings. The maximum absolute atomic E-state index is 13.0. The van der Waals surface area contributed by atoms with Gasteiger partial charge in [0, 0.05) is 24.7 Å². The van der Waals surface area contributed by atoms with Crippen LogP contribution in [0, 0.1) is 24.2 Å². The number of benzene rings is 2. The van der Waals surface area contributed by atoms with Gasteiger partial charge in [0.05, 0.1) is 23.1 Å². The number of carbonyl (C=O) groups is 1. The van der Waals surface area contributed by atoms with Gasteiger partial charge in [-0.3, -0.25) is 4.79 Å². The highest BCUT2D eigenvalue weighted by molar-refractivity contribution is 7.89. The minimum atomic E-state index is -3.62. The Bertz CT molecular complexity index is 1070. The van der Waals surface area contributed by atoms with Crippen LogP contribution in [0.5, 0.6) is 5.75 Å². The molecule has 1 N–H and O–H groups in total. The van der Waals surface area contributed by atoms with E-state index in [4.69, 9.17) is 10.00 Å². The molecule has 0 atom stereocenters. The number of amides is 1. The van der Waals surface area contributed by atoms with Gasteiger partial charge in [-0.05, 0) is 68.7 Å². The number of piperidine rings is 1. The summed E-state index contributed by atoms with van der Waals surface area (Å²) in [6.45, 7) is 4.78. The molecule has 1 aliphatic rings. The van der Waals surface area contributed by atoms with Gasteiger partial charge >= 0.3 is 0 Å². The first-order valence-electron chi connectivity index (χ1n) is 9.89. The third-order valence-corrected chi connectivity index (χ3v) is 7.06. The van der Waals surface area contributed by atoms with Crippen molar-refractivity contribution >= 4 is 21.6 Å². The fourth-order valence-corrected chi connectivity index (χ4v) is 5.07. The van der Waals surface area contributed by atoms with Crippen LogP contribution in [-0.4, -0.2) is 38.3 Å². The molecule has 3 rings (SSSR count). The molecule has 1 saturated heterocycles. The van der Waals surface area contributed by atoms with E-state index in [0.29, 0.717) is 36.4 Å². The molecule has 0 saturated carbocycles. The van der Waals surface area contributed by atoms with E-state index in [1.54, 1.807) is 42.5 Å². The molecule has 0 aromatic heterocycles. The van der Waals surface area contributed by atoms with Crippen LogP contribution in [0.3, 0.4) is 0 Å². The van der Waals surface area contributed by atoms with E-state index in [2.05, 4.69) is 5.32 Å². The predicted octanol–water partition coefficient (Wildman–Crippen LogP) is 3.30. The Morgan fingerprint density at radius 2 is 1.97 bits per heavy atom. The number of nitriles is 1. The van der Waals surface area contributed by atoms with Crippen molar-refractivity contribution in [2.24, 2.45) is 5.92 Å². The average molecular weight is 428 g/mol. The van der Waals surface area contributed by atoms with Crippen molar-refractivity contribution in [1.82, 2.24) is 4.31 Å². The van der Waals surface area contributed by atoms with Crippen molar-refractivity contribution in [1.29, 1.82) is 5.26 Å². The first-order valence-corrected chi connectivity index (χ1v) is 11.3. The van der Waals surface area contributed by atoms with Crippen molar-refractivity contribution in [2.45, 2.75) is 31.6 Å². The molecule has 1 heterocycles. The van der Waals surface area contributed by atoms with E-state index < -0.39 is 10.0 Å². The lowest BCUT2D eigenvalue weighted by molar-refractivity contribution is -0.120. The maximum atomic E-state index is 13.0. The number of anilines is 1. The zero-order chi connectivity index (χ0) is 21.7. The monoisotopic (exact) mass is 427 g/mol. The lowest BCUT2D eigenvalue weighted by Gasteiger charge is -2.30. The second-order valence-electron chi connectivity index (χ2n) is 7.22. The standard InChI is InChI=1S/C22H25N3O4S/c1-3-29-21-8-7-20(13-16(21)2)30(27,28)25-11-9-18(10-12-25)22(26)24-19-6-4-5-17(14-19)15-23/h4-8,13-14,18H,3,9-12H2,1-2H3,(H,24,26). The Morgan fingerprint density at radius 3 is 2.60 bits per heavy atom. The number of carbonyl (C=O) groups excluding carboxylic acids is 1. The summed E-state index contributed by atoms with van der Waals surface area (Å²) in [5.41, 5.74) is 1.81. The van der Waals surface area contributed by atoms with Crippen LogP contribution in [0.4, 0.5) is 5.69 Å². The van der Waals surface area contributed by atoms with Gasteiger partial charge in [-0.2, -0.15) is 9.57 Å². The Labute approximate surface area is 177 Å². The van der Waals surface area contributed by atoms with E-state index in [1.807, 2.05) is 19.9 Å². The van der Waals surface area contributed by atoms with Gasteiger partial charge in [0.1, 0.15) is 5.75 Å². The minimum Gasteiger partial charge on any atom is -0.494 e. The summed E-state index contributed by atoms with van der Waals surface area (Å²) in [5, 5.41) is 11.8. The largest absolute Gasteiger partial charge is 0.494 e. The zero-order valence-electron chi connectivity index (χ0n) is 17.1. The van der Waals surface area contributed by atoms with Crippen molar-refractivity contribution < 1.29 is 17.9 Å². The van der Waals surface area contributed by atoms with Crippen LogP contribution in [0.25, 0.3) is 0 Å². The summed E-state index contributed by atoms with van der Waals surface area (Å²) in [6.07, 6.45) is 0.887. The smallest absolute Gasteiger partial charge is 0.243 e. The highest BCUT2D eigenvalue weighted by Crippen LogP contribution is 2.28. The topological polar surface area (TPSA) is 99.5 Å². The molecule has 1 aliphatic heterocycles. The van der Waals surface area contributed by atoms with E-state index in [9.17, 15) is 13.2 Å². The van der Waals surface area contributed by atoms with Crippen LogP contribution in [0.1, 0.15) is 30.9 Å². The van der Waals surface area contributed by atoms with Crippen LogP contribution < -0.4 is 10.1 Å². The fraction of sp³-hybridized carbons (Fsp3) is 0.364. The van der Waals surface area contributed by atoms with Gasteiger partial charge in [-0.15, -0.1) is 0 Å². The number of sulfonamides is 1. The van der Waals surface area contributed by atoms with Crippen molar-refractivity contribution in [2.75, 3.05) is 25.0 Å². The summed E-state index contributed by atoms with van der Waals surface area (Å²) in [4.78, 5) is 12.8. The number of aryl methyl sites for hydroxylation is 1. The highest BCUT2D eigenvalue weighted by Gasteiger charge is 2.32. The fourth-order valence-electron chi connectivity index (χ4n) is 3.52. The van der Waals surface area contributed by atoms with E-state index >= 15 is 0 Å². The summed E-state index contributed by atoms with van der Waals surface area (Å²) in [5.74, 6) is 0.246. The van der Waals surface area contributed by atoms with Gasteiger partial charge in [0.25, 0.3) is 0 Å². The molecule has 0 bridgehead atoms. The summed E-state index contributed by atoms with van der Waals surface area (Å²) >= 11 is 0. The van der Waals surface area contributed by atoms with Gasteiger partial charge in [0.2, 0.25) is 15.9 Å². The Kier molecular flexibility index (Phi) is 6.75. The molecule has 0 unspecified atom stereocenters. The quantitative estimate of drug-likeness (QED) is 0.762. The number of nitrogens with zero attached hydrogens (tertiary/aromatic N) is 2. The summed E-state index contributed by atoms with van der Waals surface area (Å²) < 4.78 is 32.9. The van der Waals surface area contributed by atoms with E-state index in [1.165, 1.54) is 4.31 Å². The zero-order valence-corrected chi connectivity index (χ0v) is 17.9. The number of rotatable bonds is 6. The molecular formula is C22H25N3O4S. The molecule has 2 aromatic carbocycles. The van der Waals surface area contributed by atoms with E-state index in [0.717, 1.165) is 5.56 Å². The Balaban J connectivity index is 1.63. The average Bonchev–Trinajstić information content (AvgIpc) is 2.75. The first-order chi connectivity index (χ1) is 14.3. The number of nitrogens with one attached hydrogen (secondary N) is 1. The summed E-state index contributed by atoms with van der Waals surface area (Å²) in [6, 6.07) is 13.6. The molecule has 158 valence electrons. The molecule has 0 aliphatic carbocycles. The molecule has 2 aromatic rings. The van der Waals surface area contributed by atoms with Gasteiger partial charge in [-0.1, -0.05) is 6.07 Å². The molecule has 7 nitrogen and oxygen atoms in total. The number of ether oxygens (including phenoxy) is 1. The van der Waals surface area contributed by atoms with Gasteiger partial charge < -0.3 is 10.1 Å². The third kappa shape index (κ3) is 4.81. The molecule has 30 heavy (non-hydrogen) atoms. The Hall–Kier alpha value is -2.89. The van der Waals surface area contributed by atoms with Crippen molar-refractivity contribution in [3.63, 3.8) is 0 Å². The highest BCUT2D eigenvalue weighted by atomic mass is 32.2.